The molecular formula is C22H27F3N4O4S. The van der Waals surface area contributed by atoms with Gasteiger partial charge in [-0.1, -0.05) is 44.2 Å². The second-order valence-electron chi connectivity index (χ2n) is 7.79. The number of piperazine rings is 1. The number of nitrogens with two attached hydrogens (primary N) is 1. The largest absolute Gasteiger partial charge is 0.492 e. The first-order valence-electron chi connectivity index (χ1n) is 10.4. The fourth-order valence-electron chi connectivity index (χ4n) is 3.30. The molecule has 0 bridgehead atoms. The van der Waals surface area contributed by atoms with Gasteiger partial charge in [0.1, 0.15) is 11.7 Å². The maximum atomic E-state index is 13.1. The topological polar surface area (TPSA) is 114 Å². The molecule has 1 aliphatic heterocycles. The predicted molar refractivity (Wildman–Crippen MR) is 124 cm³/mol. The molecule has 186 valence electrons. The highest BCUT2D eigenvalue weighted by molar-refractivity contribution is 7.19. The number of benzene rings is 1. The first kappa shape index (κ1) is 27.3. The lowest BCUT2D eigenvalue weighted by atomic mass is 10.0. The van der Waals surface area contributed by atoms with Crippen molar-refractivity contribution >= 4 is 40.6 Å². The van der Waals surface area contributed by atoms with Gasteiger partial charge in [0.25, 0.3) is 0 Å². The summed E-state index contributed by atoms with van der Waals surface area (Å²) in [5.41, 5.74) is 7.45. The highest BCUT2D eigenvalue weighted by atomic mass is 32.1. The summed E-state index contributed by atoms with van der Waals surface area (Å²) in [5, 5.41) is 7.89. The van der Waals surface area contributed by atoms with Gasteiger partial charge in [0.05, 0.1) is 16.7 Å². The van der Waals surface area contributed by atoms with E-state index in [1.165, 1.54) is 0 Å². The molecule has 12 heteroatoms. The van der Waals surface area contributed by atoms with E-state index < -0.39 is 18.2 Å². The molecule has 1 saturated heterocycles. The summed E-state index contributed by atoms with van der Waals surface area (Å²) >= 11 is 1.15. The highest BCUT2D eigenvalue weighted by Gasteiger charge is 2.44. The number of carbonyl (C=O) groups is 3. The summed E-state index contributed by atoms with van der Waals surface area (Å²) in [6, 6.07) is 7.80. The lowest BCUT2D eigenvalue weighted by Crippen LogP contribution is -2.48. The number of halogens is 3. The van der Waals surface area contributed by atoms with Gasteiger partial charge in [0.2, 0.25) is 5.78 Å². The highest BCUT2D eigenvalue weighted by Crippen LogP contribution is 2.43. The predicted octanol–water partition coefficient (Wildman–Crippen LogP) is 3.41. The standard InChI is InChI=1S/C21H25F3N4O3S.CH2O/c1-12(2)10-27-19-15(14-11-26-8-9-28(14)31-20(30)21(22,23)24)16(25)18(32-19)17(29)13-6-4-3-5-7-13;1-2/h3-7,12,14,26-27H,8-11,25H2,1-2H3;1H2. The minimum absolute atomic E-state index is 0.0351. The van der Waals surface area contributed by atoms with E-state index >= 15 is 0 Å². The van der Waals surface area contributed by atoms with E-state index in [1.54, 1.807) is 30.3 Å². The van der Waals surface area contributed by atoms with Crippen molar-refractivity contribution in [2.24, 2.45) is 5.92 Å². The molecule has 1 aliphatic rings. The molecular weight excluding hydrogens is 473 g/mol. The smallest absolute Gasteiger partial charge is 0.397 e. The fraction of sp³-hybridized carbons (Fsp3) is 0.409. The third kappa shape index (κ3) is 6.55. The molecule has 1 aromatic carbocycles. The molecule has 0 saturated carbocycles. The van der Waals surface area contributed by atoms with Crippen LogP contribution in [0.4, 0.5) is 23.9 Å². The van der Waals surface area contributed by atoms with E-state index in [9.17, 15) is 22.8 Å². The van der Waals surface area contributed by atoms with Crippen molar-refractivity contribution in [2.45, 2.75) is 26.1 Å². The van der Waals surface area contributed by atoms with Crippen LogP contribution in [0.1, 0.15) is 40.7 Å². The third-order valence-corrected chi connectivity index (χ3v) is 6.03. The molecule has 0 aliphatic carbocycles. The zero-order valence-corrected chi connectivity index (χ0v) is 19.6. The monoisotopic (exact) mass is 500 g/mol. The van der Waals surface area contributed by atoms with E-state index in [-0.39, 0.29) is 35.4 Å². The number of alkyl halides is 3. The van der Waals surface area contributed by atoms with Gasteiger partial charge in [-0.15, -0.1) is 16.4 Å². The Morgan fingerprint density at radius 1 is 1.29 bits per heavy atom. The van der Waals surface area contributed by atoms with Gasteiger partial charge >= 0.3 is 12.1 Å². The molecule has 2 heterocycles. The van der Waals surface area contributed by atoms with Gasteiger partial charge < -0.3 is 26.0 Å². The lowest BCUT2D eigenvalue weighted by molar-refractivity contribution is -0.249. The Bertz CT molecular complexity index is 983. The minimum atomic E-state index is -5.12. The SMILES string of the molecule is C=O.CC(C)CNc1sc(C(=O)c2ccccc2)c(N)c1C1CNCCN1OC(=O)C(F)(F)F. The molecule has 1 atom stereocenters. The Labute approximate surface area is 199 Å². The van der Waals surface area contributed by atoms with Gasteiger partial charge in [0, 0.05) is 37.3 Å². The van der Waals surface area contributed by atoms with E-state index in [0.717, 1.165) is 16.4 Å². The summed E-state index contributed by atoms with van der Waals surface area (Å²) in [7, 11) is 0. The van der Waals surface area contributed by atoms with Crippen molar-refractivity contribution in [2.75, 3.05) is 37.2 Å². The van der Waals surface area contributed by atoms with Crippen LogP contribution in [0, 0.1) is 5.92 Å². The normalized spacial score (nSPS) is 16.5. The second-order valence-corrected chi connectivity index (χ2v) is 8.82. The number of ketones is 1. The summed E-state index contributed by atoms with van der Waals surface area (Å²) in [6.45, 7) is 7.12. The third-order valence-electron chi connectivity index (χ3n) is 4.86. The van der Waals surface area contributed by atoms with Crippen molar-refractivity contribution in [3.8, 4) is 0 Å². The van der Waals surface area contributed by atoms with Crippen LogP contribution in [-0.4, -0.2) is 56.0 Å². The van der Waals surface area contributed by atoms with Gasteiger partial charge in [-0.05, 0) is 5.92 Å². The molecule has 0 radical (unpaired) electrons. The lowest BCUT2D eigenvalue weighted by Gasteiger charge is -2.35. The number of anilines is 2. The summed E-state index contributed by atoms with van der Waals surface area (Å²) < 4.78 is 38.4. The number of hydrogen-bond donors (Lipinski definition) is 3. The van der Waals surface area contributed by atoms with Crippen LogP contribution in [0.5, 0.6) is 0 Å². The van der Waals surface area contributed by atoms with Crippen molar-refractivity contribution in [1.82, 2.24) is 10.4 Å². The number of carbonyl (C=O) groups excluding carboxylic acids is 3. The van der Waals surface area contributed by atoms with Crippen LogP contribution in [0.2, 0.25) is 0 Å². The maximum absolute atomic E-state index is 13.1. The number of hydroxylamine groups is 2. The van der Waals surface area contributed by atoms with Crippen molar-refractivity contribution in [3.63, 3.8) is 0 Å². The molecule has 8 nitrogen and oxygen atoms in total. The second kappa shape index (κ2) is 12.0. The average Bonchev–Trinajstić information content (AvgIpc) is 3.14. The number of hydrogen-bond acceptors (Lipinski definition) is 9. The molecule has 0 spiro atoms. The quantitative estimate of drug-likeness (QED) is 0.496. The number of thiophene rings is 1. The molecule has 2 aromatic rings. The van der Waals surface area contributed by atoms with Gasteiger partial charge in [-0.25, -0.2) is 4.79 Å². The first-order chi connectivity index (χ1) is 16.1. The minimum Gasteiger partial charge on any atom is -0.397 e. The maximum Gasteiger partial charge on any atom is 0.492 e. The number of nitrogens with zero attached hydrogens (tertiary/aromatic N) is 1. The molecule has 34 heavy (non-hydrogen) atoms. The van der Waals surface area contributed by atoms with E-state index in [0.29, 0.717) is 29.2 Å². The zero-order chi connectivity index (χ0) is 25.5. The first-order valence-corrected chi connectivity index (χ1v) is 11.2. The molecule has 4 N–H and O–H groups in total. The van der Waals surface area contributed by atoms with Crippen LogP contribution in [0.25, 0.3) is 0 Å². The Kier molecular flexibility index (Phi) is 9.59. The van der Waals surface area contributed by atoms with E-state index in [1.807, 2.05) is 20.6 Å². The van der Waals surface area contributed by atoms with E-state index in [2.05, 4.69) is 15.5 Å². The van der Waals surface area contributed by atoms with E-state index in [4.69, 9.17) is 10.5 Å². The van der Waals surface area contributed by atoms with Crippen LogP contribution >= 0.6 is 11.3 Å². The Morgan fingerprint density at radius 2 is 1.94 bits per heavy atom. The summed E-state index contributed by atoms with van der Waals surface area (Å²) in [6.07, 6.45) is -5.12. The number of rotatable bonds is 7. The van der Waals surface area contributed by atoms with Gasteiger partial charge in [-0.3, -0.25) is 4.79 Å². The van der Waals surface area contributed by atoms with Crippen LogP contribution in [0.3, 0.4) is 0 Å². The average molecular weight is 501 g/mol. The molecule has 0 amide bonds. The fourth-order valence-corrected chi connectivity index (χ4v) is 4.45. The van der Waals surface area contributed by atoms with Gasteiger partial charge in [-0.2, -0.15) is 13.2 Å². The molecule has 1 unspecified atom stereocenters. The summed E-state index contributed by atoms with van der Waals surface area (Å²) in [4.78, 5) is 37.5. The zero-order valence-electron chi connectivity index (χ0n) is 18.8. The van der Waals surface area contributed by atoms with Gasteiger partial charge in [0.15, 0.2) is 0 Å². The van der Waals surface area contributed by atoms with Crippen LogP contribution < -0.4 is 16.4 Å². The Balaban J connectivity index is 0.00000199. The van der Waals surface area contributed by atoms with Crippen molar-refractivity contribution in [1.29, 1.82) is 0 Å². The van der Waals surface area contributed by atoms with Crippen molar-refractivity contribution in [3.05, 3.63) is 46.3 Å². The molecule has 1 fully saturated rings. The number of nitrogens with one attached hydrogen (secondary N) is 2. The molecule has 3 rings (SSSR count). The summed E-state index contributed by atoms with van der Waals surface area (Å²) in [5.74, 6) is -2.31. The van der Waals surface area contributed by atoms with Crippen LogP contribution in [-0.2, 0) is 14.4 Å². The number of nitrogen functional groups attached to an aromatic ring is 1. The molecule has 1 aromatic heterocycles. The Hall–Kier alpha value is -2.96. The Morgan fingerprint density at radius 3 is 2.53 bits per heavy atom. The van der Waals surface area contributed by atoms with Crippen molar-refractivity contribution < 1.29 is 32.4 Å². The van der Waals surface area contributed by atoms with Crippen LogP contribution in [0.15, 0.2) is 30.3 Å².